The molecule has 1 rings (SSSR count). The van der Waals surface area contributed by atoms with Crippen LogP contribution in [0.2, 0.25) is 0 Å². The second-order valence-corrected chi connectivity index (χ2v) is 6.70. The summed E-state index contributed by atoms with van der Waals surface area (Å²) in [6.45, 7) is 4.07. The minimum Gasteiger partial charge on any atom is -0.396 e. The molecule has 0 aliphatic rings. The number of nitrogen functional groups attached to an aromatic ring is 1. The van der Waals surface area contributed by atoms with Gasteiger partial charge in [0.2, 0.25) is 10.0 Å². The number of hydrogen-bond acceptors (Lipinski definition) is 4. The molecule has 0 unspecified atom stereocenters. The van der Waals surface area contributed by atoms with Crippen LogP contribution in [0.5, 0.6) is 0 Å². The van der Waals surface area contributed by atoms with Crippen LogP contribution in [0, 0.1) is 19.7 Å². The number of benzene rings is 1. The highest BCUT2D eigenvalue weighted by molar-refractivity contribution is 7.89. The van der Waals surface area contributed by atoms with Crippen LogP contribution in [0.4, 0.5) is 10.1 Å². The topological polar surface area (TPSA) is 81.4 Å². The summed E-state index contributed by atoms with van der Waals surface area (Å²) in [6.07, 6.45) is 2.48. The van der Waals surface area contributed by atoms with E-state index in [4.69, 9.17) is 10.5 Å². The molecular formula is C14H23FN2O3S. The van der Waals surface area contributed by atoms with E-state index in [1.807, 2.05) is 0 Å². The second-order valence-electron chi connectivity index (χ2n) is 4.99. The number of unbranched alkanes of at least 4 members (excludes halogenated alkanes) is 2. The van der Waals surface area contributed by atoms with Crippen LogP contribution in [0.3, 0.4) is 0 Å². The Balaban J connectivity index is 2.78. The van der Waals surface area contributed by atoms with Gasteiger partial charge in [-0.2, -0.15) is 0 Å². The van der Waals surface area contributed by atoms with Crippen molar-refractivity contribution in [1.82, 2.24) is 4.72 Å². The molecule has 7 heteroatoms. The summed E-state index contributed by atoms with van der Waals surface area (Å²) in [5, 5.41) is 0. The number of methoxy groups -OCH3 is 1. The fourth-order valence-corrected chi connectivity index (χ4v) is 3.72. The molecule has 5 nitrogen and oxygen atoms in total. The largest absolute Gasteiger partial charge is 0.396 e. The van der Waals surface area contributed by atoms with E-state index < -0.39 is 15.8 Å². The van der Waals surface area contributed by atoms with Crippen LogP contribution in [0.1, 0.15) is 30.4 Å². The van der Waals surface area contributed by atoms with Gasteiger partial charge in [-0.05, 0) is 50.3 Å². The summed E-state index contributed by atoms with van der Waals surface area (Å²) in [5.74, 6) is -0.594. The van der Waals surface area contributed by atoms with E-state index in [-0.39, 0.29) is 16.1 Å². The molecule has 1 aromatic carbocycles. The van der Waals surface area contributed by atoms with Crippen molar-refractivity contribution in [2.75, 3.05) is 26.0 Å². The monoisotopic (exact) mass is 318 g/mol. The lowest BCUT2D eigenvalue weighted by Gasteiger charge is -2.14. The van der Waals surface area contributed by atoms with E-state index in [0.717, 1.165) is 25.3 Å². The molecule has 0 aromatic heterocycles. The Hall–Kier alpha value is -1.18. The fraction of sp³-hybridized carbons (Fsp3) is 0.571. The highest BCUT2D eigenvalue weighted by Gasteiger charge is 2.22. The number of halogens is 1. The first kappa shape index (κ1) is 17.9. The second kappa shape index (κ2) is 7.72. The first-order valence-corrected chi connectivity index (χ1v) is 8.33. The molecule has 21 heavy (non-hydrogen) atoms. The predicted molar refractivity (Wildman–Crippen MR) is 81.2 cm³/mol. The smallest absolute Gasteiger partial charge is 0.241 e. The predicted octanol–water partition coefficient (Wildman–Crippen LogP) is 2.12. The zero-order valence-corrected chi connectivity index (χ0v) is 13.5. The molecule has 0 radical (unpaired) electrons. The lowest BCUT2D eigenvalue weighted by molar-refractivity contribution is 0.192. The highest BCUT2D eigenvalue weighted by atomic mass is 32.2. The van der Waals surface area contributed by atoms with E-state index in [9.17, 15) is 12.8 Å². The van der Waals surface area contributed by atoms with E-state index in [2.05, 4.69) is 4.72 Å². The Bertz CT molecular complexity index is 588. The highest BCUT2D eigenvalue weighted by Crippen LogP contribution is 2.27. The zero-order chi connectivity index (χ0) is 16.0. The van der Waals surface area contributed by atoms with Crippen LogP contribution in [0.25, 0.3) is 0 Å². The lowest BCUT2D eigenvalue weighted by Crippen LogP contribution is -2.26. The van der Waals surface area contributed by atoms with E-state index in [1.165, 1.54) is 6.92 Å². The first-order valence-electron chi connectivity index (χ1n) is 6.85. The molecule has 0 heterocycles. The van der Waals surface area contributed by atoms with Crippen molar-refractivity contribution in [3.8, 4) is 0 Å². The van der Waals surface area contributed by atoms with Gasteiger partial charge in [-0.25, -0.2) is 17.5 Å². The van der Waals surface area contributed by atoms with Crippen molar-refractivity contribution < 1.29 is 17.5 Å². The van der Waals surface area contributed by atoms with Crippen LogP contribution in [-0.4, -0.2) is 28.7 Å². The Kier molecular flexibility index (Phi) is 6.57. The maximum atomic E-state index is 13.5. The van der Waals surface area contributed by atoms with E-state index in [1.54, 1.807) is 14.0 Å². The molecule has 0 saturated heterocycles. The van der Waals surface area contributed by atoms with E-state index >= 15 is 0 Å². The number of nitrogens with two attached hydrogens (primary N) is 1. The fourth-order valence-electron chi connectivity index (χ4n) is 2.17. The minimum atomic E-state index is -3.68. The molecule has 0 amide bonds. The maximum Gasteiger partial charge on any atom is 0.241 e. The molecule has 0 fully saturated rings. The SMILES string of the molecule is COCCCCCNS(=O)(=O)c1c(C)cc(F)c(N)c1C. The van der Waals surface area contributed by atoms with Gasteiger partial charge in [0.15, 0.2) is 0 Å². The Morgan fingerprint density at radius 2 is 1.95 bits per heavy atom. The van der Waals surface area contributed by atoms with Crippen LogP contribution >= 0.6 is 0 Å². The first-order chi connectivity index (χ1) is 9.81. The number of sulfonamides is 1. The van der Waals surface area contributed by atoms with Gasteiger partial charge in [0.05, 0.1) is 10.6 Å². The molecule has 120 valence electrons. The normalized spacial score (nSPS) is 11.8. The van der Waals surface area contributed by atoms with Crippen LogP contribution in [0.15, 0.2) is 11.0 Å². The summed E-state index contributed by atoms with van der Waals surface area (Å²) in [4.78, 5) is 0.0679. The molecule has 1 aromatic rings. The van der Waals surface area contributed by atoms with Crippen molar-refractivity contribution in [2.24, 2.45) is 0 Å². The average molecular weight is 318 g/mol. The summed E-state index contributed by atoms with van der Waals surface area (Å²) >= 11 is 0. The number of nitrogens with one attached hydrogen (secondary N) is 1. The Morgan fingerprint density at radius 3 is 2.57 bits per heavy atom. The Labute approximate surface area is 125 Å². The summed E-state index contributed by atoms with van der Waals surface area (Å²) in [7, 11) is -2.05. The van der Waals surface area contributed by atoms with Crippen molar-refractivity contribution in [3.05, 3.63) is 23.0 Å². The van der Waals surface area contributed by atoms with Crippen molar-refractivity contribution in [2.45, 2.75) is 38.0 Å². The lowest BCUT2D eigenvalue weighted by atomic mass is 10.1. The number of rotatable bonds is 8. The van der Waals surface area contributed by atoms with Gasteiger partial charge in [-0.1, -0.05) is 0 Å². The number of ether oxygens (including phenoxy) is 1. The number of hydrogen-bond donors (Lipinski definition) is 2. The third kappa shape index (κ3) is 4.66. The summed E-state index contributed by atoms with van der Waals surface area (Å²) < 4.78 is 45.6. The quantitative estimate of drug-likeness (QED) is 0.568. The van der Waals surface area contributed by atoms with Gasteiger partial charge in [-0.3, -0.25) is 0 Å². The van der Waals surface area contributed by atoms with Crippen molar-refractivity contribution in [1.29, 1.82) is 0 Å². The third-order valence-electron chi connectivity index (χ3n) is 3.29. The molecular weight excluding hydrogens is 295 g/mol. The van der Waals surface area contributed by atoms with Crippen molar-refractivity contribution in [3.63, 3.8) is 0 Å². The van der Waals surface area contributed by atoms with Crippen LogP contribution < -0.4 is 10.5 Å². The molecule has 0 bridgehead atoms. The molecule has 3 N–H and O–H groups in total. The maximum absolute atomic E-state index is 13.5. The van der Waals surface area contributed by atoms with Gasteiger partial charge in [-0.15, -0.1) is 0 Å². The van der Waals surface area contributed by atoms with Crippen molar-refractivity contribution >= 4 is 15.7 Å². The summed E-state index contributed by atoms with van der Waals surface area (Å²) in [6, 6.07) is 1.15. The van der Waals surface area contributed by atoms with Crippen LogP contribution in [-0.2, 0) is 14.8 Å². The minimum absolute atomic E-state index is 0.0679. The Morgan fingerprint density at radius 1 is 1.29 bits per heavy atom. The average Bonchev–Trinajstić information content (AvgIpc) is 2.40. The van der Waals surface area contributed by atoms with E-state index in [0.29, 0.717) is 18.7 Å². The number of aryl methyl sites for hydroxylation is 1. The molecule has 0 aliphatic heterocycles. The van der Waals surface area contributed by atoms with Gasteiger partial charge in [0, 0.05) is 20.3 Å². The zero-order valence-electron chi connectivity index (χ0n) is 12.7. The molecule has 0 atom stereocenters. The standard InChI is InChI=1S/C14H23FN2O3S/c1-10-9-12(15)13(16)11(2)14(10)21(18,19)17-7-5-4-6-8-20-3/h9,17H,4-8,16H2,1-3H3. The van der Waals surface area contributed by atoms with Gasteiger partial charge < -0.3 is 10.5 Å². The molecule has 0 aliphatic carbocycles. The molecule has 0 spiro atoms. The third-order valence-corrected chi connectivity index (χ3v) is 5.04. The number of anilines is 1. The van der Waals surface area contributed by atoms with Gasteiger partial charge in [0.1, 0.15) is 5.82 Å². The summed E-state index contributed by atoms with van der Waals surface area (Å²) in [5.41, 5.74) is 6.06. The van der Waals surface area contributed by atoms with Gasteiger partial charge in [0.25, 0.3) is 0 Å². The van der Waals surface area contributed by atoms with Gasteiger partial charge >= 0.3 is 0 Å². The molecule has 0 saturated carbocycles.